The molecule has 2 amide bonds. The summed E-state index contributed by atoms with van der Waals surface area (Å²) < 4.78 is 4.90. The molecule has 0 fully saturated rings. The number of ether oxygens (including phenoxy) is 1. The van der Waals surface area contributed by atoms with E-state index in [4.69, 9.17) is 27.9 Å². The van der Waals surface area contributed by atoms with Crippen LogP contribution in [0.4, 0.5) is 5.69 Å². The fraction of sp³-hybridized carbons (Fsp3) is 0.176. The minimum atomic E-state index is -0.762. The van der Waals surface area contributed by atoms with Gasteiger partial charge in [-0.05, 0) is 31.2 Å². The fourth-order valence-corrected chi connectivity index (χ4v) is 2.21. The molecule has 0 spiro atoms. The summed E-state index contributed by atoms with van der Waals surface area (Å²) in [6.45, 7) is 1.79. The van der Waals surface area contributed by atoms with Crippen LogP contribution in [0.2, 0.25) is 10.2 Å². The Hall–Kier alpha value is -2.64. The van der Waals surface area contributed by atoms with Crippen molar-refractivity contribution in [2.75, 3.05) is 18.5 Å². The quantitative estimate of drug-likeness (QED) is 0.578. The highest BCUT2D eigenvalue weighted by Crippen LogP contribution is 2.20. The zero-order chi connectivity index (χ0) is 19.1. The largest absolute Gasteiger partial charge is 0.452 e. The topological polar surface area (TPSA) is 97.4 Å². The predicted octanol–water partition coefficient (Wildman–Crippen LogP) is 2.93. The third-order valence-electron chi connectivity index (χ3n) is 3.11. The van der Waals surface area contributed by atoms with Crippen molar-refractivity contribution in [3.63, 3.8) is 0 Å². The van der Waals surface area contributed by atoms with Crippen molar-refractivity contribution in [2.24, 2.45) is 0 Å². The van der Waals surface area contributed by atoms with Crippen molar-refractivity contribution >= 4 is 46.7 Å². The van der Waals surface area contributed by atoms with Gasteiger partial charge in [0.2, 0.25) is 0 Å². The first-order chi connectivity index (χ1) is 12.4. The molecule has 136 valence electrons. The summed E-state index contributed by atoms with van der Waals surface area (Å²) in [5.74, 6) is -1.57. The average molecular weight is 396 g/mol. The molecule has 0 bridgehead atoms. The number of nitrogens with one attached hydrogen (secondary N) is 2. The number of hydrogen-bond donors (Lipinski definition) is 2. The van der Waals surface area contributed by atoms with Gasteiger partial charge in [-0.15, -0.1) is 0 Å². The summed E-state index contributed by atoms with van der Waals surface area (Å²) in [4.78, 5) is 39.3. The van der Waals surface area contributed by atoms with E-state index in [2.05, 4.69) is 15.6 Å². The third kappa shape index (κ3) is 5.44. The molecule has 2 rings (SSSR count). The van der Waals surface area contributed by atoms with Gasteiger partial charge in [0.15, 0.2) is 6.61 Å². The van der Waals surface area contributed by atoms with Crippen LogP contribution in [-0.2, 0) is 9.53 Å². The van der Waals surface area contributed by atoms with E-state index >= 15 is 0 Å². The molecule has 0 aliphatic rings. The lowest BCUT2D eigenvalue weighted by Gasteiger charge is -2.08. The molecule has 0 radical (unpaired) electrons. The number of carbonyl (C=O) groups is 3. The number of esters is 1. The molecule has 0 aliphatic heterocycles. The van der Waals surface area contributed by atoms with Gasteiger partial charge in [0.05, 0.1) is 10.6 Å². The summed E-state index contributed by atoms with van der Waals surface area (Å²) in [6.07, 6.45) is 1.20. The first kappa shape index (κ1) is 19.7. The first-order valence-electron chi connectivity index (χ1n) is 7.57. The van der Waals surface area contributed by atoms with Crippen LogP contribution in [0.3, 0.4) is 0 Å². The van der Waals surface area contributed by atoms with E-state index in [1.807, 2.05) is 0 Å². The Morgan fingerprint density at radius 1 is 1.15 bits per heavy atom. The second-order valence-electron chi connectivity index (χ2n) is 5.06. The Labute approximate surface area is 159 Å². The normalized spacial score (nSPS) is 10.1. The lowest BCUT2D eigenvalue weighted by atomic mass is 10.2. The Kier molecular flexibility index (Phi) is 6.94. The Bertz CT molecular complexity index is 843. The minimum Gasteiger partial charge on any atom is -0.452 e. The highest BCUT2D eigenvalue weighted by atomic mass is 35.5. The monoisotopic (exact) mass is 395 g/mol. The van der Waals surface area contributed by atoms with Gasteiger partial charge in [0.25, 0.3) is 11.8 Å². The SMILES string of the molecule is CCNC(=O)c1cccc(NC(=O)COC(=O)c2cnc(Cl)c(Cl)c2)c1. The zero-order valence-corrected chi connectivity index (χ0v) is 15.2. The molecule has 0 saturated heterocycles. The maximum absolute atomic E-state index is 11.9. The summed E-state index contributed by atoms with van der Waals surface area (Å²) in [7, 11) is 0. The number of nitrogens with zero attached hydrogens (tertiary/aromatic N) is 1. The first-order valence-corrected chi connectivity index (χ1v) is 8.32. The van der Waals surface area contributed by atoms with Crippen LogP contribution in [0.25, 0.3) is 0 Å². The molecule has 2 aromatic rings. The molecule has 26 heavy (non-hydrogen) atoms. The Morgan fingerprint density at radius 3 is 2.62 bits per heavy atom. The molecule has 0 atom stereocenters. The van der Waals surface area contributed by atoms with Crippen molar-refractivity contribution in [2.45, 2.75) is 6.92 Å². The van der Waals surface area contributed by atoms with Crippen molar-refractivity contribution in [3.05, 3.63) is 57.8 Å². The second kappa shape index (κ2) is 9.17. The van der Waals surface area contributed by atoms with Crippen molar-refractivity contribution < 1.29 is 19.1 Å². The maximum atomic E-state index is 11.9. The van der Waals surface area contributed by atoms with Crippen LogP contribution < -0.4 is 10.6 Å². The van der Waals surface area contributed by atoms with Gasteiger partial charge in [0.1, 0.15) is 5.15 Å². The highest BCUT2D eigenvalue weighted by molar-refractivity contribution is 6.41. The van der Waals surface area contributed by atoms with Gasteiger partial charge in [-0.1, -0.05) is 29.3 Å². The number of carbonyl (C=O) groups excluding carboxylic acids is 3. The molecule has 1 aromatic carbocycles. The summed E-state index contributed by atoms with van der Waals surface area (Å²) in [5.41, 5.74) is 0.889. The van der Waals surface area contributed by atoms with Crippen LogP contribution in [0.5, 0.6) is 0 Å². The molecule has 7 nitrogen and oxygen atoms in total. The lowest BCUT2D eigenvalue weighted by molar-refractivity contribution is -0.119. The third-order valence-corrected chi connectivity index (χ3v) is 3.80. The molecule has 9 heteroatoms. The number of benzene rings is 1. The van der Waals surface area contributed by atoms with Crippen LogP contribution in [0, 0.1) is 0 Å². The summed E-state index contributed by atoms with van der Waals surface area (Å²) in [6, 6.07) is 7.69. The van der Waals surface area contributed by atoms with Crippen LogP contribution >= 0.6 is 23.2 Å². The van der Waals surface area contributed by atoms with Gasteiger partial charge in [-0.25, -0.2) is 9.78 Å². The maximum Gasteiger partial charge on any atom is 0.340 e. The molecule has 2 N–H and O–H groups in total. The molecule has 0 unspecified atom stereocenters. The molecule has 0 aliphatic carbocycles. The van der Waals surface area contributed by atoms with Gasteiger partial charge in [-0.3, -0.25) is 9.59 Å². The molecular formula is C17H15Cl2N3O4. The van der Waals surface area contributed by atoms with Crippen molar-refractivity contribution in [1.82, 2.24) is 10.3 Å². The number of rotatable bonds is 6. The molecular weight excluding hydrogens is 381 g/mol. The van der Waals surface area contributed by atoms with Crippen LogP contribution in [-0.4, -0.2) is 35.9 Å². The van der Waals surface area contributed by atoms with E-state index in [1.165, 1.54) is 18.3 Å². The number of halogens is 2. The molecule has 1 aromatic heterocycles. The molecule has 0 saturated carbocycles. The van der Waals surface area contributed by atoms with Gasteiger partial charge >= 0.3 is 5.97 Å². The average Bonchev–Trinajstić information content (AvgIpc) is 2.62. The van der Waals surface area contributed by atoms with E-state index < -0.39 is 18.5 Å². The summed E-state index contributed by atoms with van der Waals surface area (Å²) >= 11 is 11.4. The Morgan fingerprint density at radius 2 is 1.92 bits per heavy atom. The van der Waals surface area contributed by atoms with Gasteiger partial charge in [0, 0.05) is 24.0 Å². The highest BCUT2D eigenvalue weighted by Gasteiger charge is 2.13. The number of hydrogen-bond acceptors (Lipinski definition) is 5. The number of pyridine rings is 1. The number of amides is 2. The standard InChI is InChI=1S/C17H15Cl2N3O4/c1-2-20-16(24)10-4-3-5-12(6-10)22-14(23)9-26-17(25)11-7-13(18)15(19)21-8-11/h3-8H,2,9H2,1H3,(H,20,24)(H,22,23). The van der Waals surface area contributed by atoms with Crippen LogP contribution in [0.1, 0.15) is 27.6 Å². The fourth-order valence-electron chi connectivity index (χ4n) is 1.95. The zero-order valence-electron chi connectivity index (χ0n) is 13.7. The minimum absolute atomic E-state index is 0.0629. The van der Waals surface area contributed by atoms with E-state index in [1.54, 1.807) is 25.1 Å². The van der Waals surface area contributed by atoms with E-state index in [0.29, 0.717) is 17.8 Å². The Balaban J connectivity index is 1.92. The van der Waals surface area contributed by atoms with Crippen molar-refractivity contribution in [3.8, 4) is 0 Å². The second-order valence-corrected chi connectivity index (χ2v) is 5.83. The van der Waals surface area contributed by atoms with E-state index in [0.717, 1.165) is 0 Å². The summed E-state index contributed by atoms with van der Waals surface area (Å²) in [5, 5.41) is 5.38. The smallest absolute Gasteiger partial charge is 0.340 e. The number of aromatic nitrogens is 1. The van der Waals surface area contributed by atoms with Crippen molar-refractivity contribution in [1.29, 1.82) is 0 Å². The number of anilines is 1. The van der Waals surface area contributed by atoms with E-state index in [9.17, 15) is 14.4 Å². The van der Waals surface area contributed by atoms with Crippen LogP contribution in [0.15, 0.2) is 36.5 Å². The predicted molar refractivity (Wildman–Crippen MR) is 97.6 cm³/mol. The molecule has 1 heterocycles. The van der Waals surface area contributed by atoms with E-state index in [-0.39, 0.29) is 21.6 Å². The van der Waals surface area contributed by atoms with Gasteiger partial charge < -0.3 is 15.4 Å². The van der Waals surface area contributed by atoms with Gasteiger partial charge in [-0.2, -0.15) is 0 Å². The lowest BCUT2D eigenvalue weighted by Crippen LogP contribution is -2.23.